The summed E-state index contributed by atoms with van der Waals surface area (Å²) < 4.78 is 55.2. The number of likely N-dealkylation sites (tertiary alicyclic amines) is 1. The van der Waals surface area contributed by atoms with Crippen LogP contribution in [0.3, 0.4) is 0 Å². The van der Waals surface area contributed by atoms with Gasteiger partial charge >= 0.3 is 0 Å². The molecule has 2 aromatic carbocycles. The van der Waals surface area contributed by atoms with Gasteiger partial charge in [-0.2, -0.15) is 0 Å². The summed E-state index contributed by atoms with van der Waals surface area (Å²) in [6.45, 7) is 2.56. The van der Waals surface area contributed by atoms with Gasteiger partial charge in [-0.3, -0.25) is 15.8 Å². The molecule has 0 amide bonds. The van der Waals surface area contributed by atoms with E-state index in [4.69, 9.17) is 0 Å². The van der Waals surface area contributed by atoms with Crippen LogP contribution in [-0.2, 0) is 6.54 Å². The van der Waals surface area contributed by atoms with Crippen molar-refractivity contribution in [3.63, 3.8) is 0 Å². The fourth-order valence-corrected chi connectivity index (χ4v) is 4.53. The van der Waals surface area contributed by atoms with E-state index in [1.54, 1.807) is 6.07 Å². The fraction of sp³-hybridized carbons (Fsp3) is 0.429. The molecule has 0 radical (unpaired) electrons. The van der Waals surface area contributed by atoms with E-state index in [-0.39, 0.29) is 23.4 Å². The Morgan fingerprint density at radius 3 is 2.50 bits per heavy atom. The topological polar surface area (TPSA) is 27.3 Å². The zero-order valence-corrected chi connectivity index (χ0v) is 15.4. The average molecular weight is 393 g/mol. The number of hydrazine groups is 1. The number of benzene rings is 2. The molecule has 0 aliphatic carbocycles. The van der Waals surface area contributed by atoms with Gasteiger partial charge in [0.2, 0.25) is 0 Å². The molecule has 2 aliphatic rings. The van der Waals surface area contributed by atoms with Gasteiger partial charge in [0.25, 0.3) is 0 Å². The highest BCUT2D eigenvalue weighted by molar-refractivity contribution is 5.27. The number of hydrogen-bond acceptors (Lipinski definition) is 3. The molecule has 3 nitrogen and oxygen atoms in total. The predicted octanol–water partition coefficient (Wildman–Crippen LogP) is 3.72. The van der Waals surface area contributed by atoms with E-state index in [0.717, 1.165) is 32.0 Å². The number of hydrogen-bond donors (Lipinski definition) is 2. The molecule has 0 spiro atoms. The van der Waals surface area contributed by atoms with E-state index in [1.807, 2.05) is 0 Å². The van der Waals surface area contributed by atoms with E-state index in [1.165, 1.54) is 24.3 Å². The Hall–Kier alpha value is -1.96. The molecule has 4 rings (SSSR count). The van der Waals surface area contributed by atoms with Crippen molar-refractivity contribution in [2.75, 3.05) is 19.6 Å². The standard InChI is InChI=1S/C21H23F4N3/c22-16-7-6-13(9-19(16)25)11-28-8-2-3-14(12-28)21-15(10-26-27-21)20-17(23)4-1-5-18(20)24/h1,4-7,9,14-15,21,26-27H,2-3,8,10-12H2. The molecule has 0 saturated carbocycles. The van der Waals surface area contributed by atoms with Gasteiger partial charge < -0.3 is 0 Å². The lowest BCUT2D eigenvalue weighted by Gasteiger charge is -2.37. The van der Waals surface area contributed by atoms with Crippen LogP contribution in [-0.4, -0.2) is 30.6 Å². The molecule has 3 atom stereocenters. The van der Waals surface area contributed by atoms with Crippen LogP contribution in [0.2, 0.25) is 0 Å². The molecule has 28 heavy (non-hydrogen) atoms. The molecule has 2 aliphatic heterocycles. The largest absolute Gasteiger partial charge is 0.299 e. The number of piperidine rings is 1. The van der Waals surface area contributed by atoms with Crippen LogP contribution in [0.4, 0.5) is 17.6 Å². The van der Waals surface area contributed by atoms with Crippen LogP contribution in [0.25, 0.3) is 0 Å². The molecule has 2 saturated heterocycles. The lowest BCUT2D eigenvalue weighted by atomic mass is 9.80. The maximum absolute atomic E-state index is 14.3. The smallest absolute Gasteiger partial charge is 0.159 e. The van der Waals surface area contributed by atoms with Gasteiger partial charge in [-0.25, -0.2) is 17.6 Å². The normalized spacial score (nSPS) is 25.9. The fourth-order valence-electron chi connectivity index (χ4n) is 4.53. The Morgan fingerprint density at radius 1 is 0.964 bits per heavy atom. The Labute approximate surface area is 161 Å². The third-order valence-corrected chi connectivity index (χ3v) is 5.83. The van der Waals surface area contributed by atoms with Crippen molar-refractivity contribution in [3.8, 4) is 0 Å². The van der Waals surface area contributed by atoms with Crippen LogP contribution in [0.1, 0.15) is 29.9 Å². The third kappa shape index (κ3) is 3.92. The minimum Gasteiger partial charge on any atom is -0.299 e. The van der Waals surface area contributed by atoms with Crippen molar-refractivity contribution in [2.45, 2.75) is 31.3 Å². The van der Waals surface area contributed by atoms with Crippen molar-refractivity contribution in [1.29, 1.82) is 0 Å². The van der Waals surface area contributed by atoms with E-state index in [2.05, 4.69) is 15.8 Å². The van der Waals surface area contributed by atoms with Gasteiger partial charge in [-0.15, -0.1) is 0 Å². The van der Waals surface area contributed by atoms with Gasteiger partial charge in [0.05, 0.1) is 0 Å². The van der Waals surface area contributed by atoms with E-state index >= 15 is 0 Å². The first-order chi connectivity index (χ1) is 13.5. The molecule has 2 fully saturated rings. The molecule has 0 bridgehead atoms. The number of halogens is 4. The SMILES string of the molecule is Fc1ccc(CN2CCCC(C3NNCC3c3c(F)cccc3F)C2)cc1F. The lowest BCUT2D eigenvalue weighted by Crippen LogP contribution is -2.46. The van der Waals surface area contributed by atoms with Crippen LogP contribution in [0, 0.1) is 29.2 Å². The third-order valence-electron chi connectivity index (χ3n) is 5.83. The highest BCUT2D eigenvalue weighted by Crippen LogP contribution is 2.34. The maximum atomic E-state index is 14.3. The second-order valence-corrected chi connectivity index (χ2v) is 7.68. The quantitative estimate of drug-likeness (QED) is 0.776. The van der Waals surface area contributed by atoms with Crippen LogP contribution >= 0.6 is 0 Å². The van der Waals surface area contributed by atoms with E-state index in [0.29, 0.717) is 18.7 Å². The second-order valence-electron chi connectivity index (χ2n) is 7.68. The Bertz CT molecular complexity index is 824. The van der Waals surface area contributed by atoms with Crippen LogP contribution < -0.4 is 10.9 Å². The zero-order valence-electron chi connectivity index (χ0n) is 15.4. The van der Waals surface area contributed by atoms with Crippen molar-refractivity contribution in [3.05, 3.63) is 70.8 Å². The van der Waals surface area contributed by atoms with E-state index < -0.39 is 23.3 Å². The van der Waals surface area contributed by atoms with E-state index in [9.17, 15) is 17.6 Å². The van der Waals surface area contributed by atoms with Crippen LogP contribution in [0.5, 0.6) is 0 Å². The van der Waals surface area contributed by atoms with Crippen molar-refractivity contribution in [2.24, 2.45) is 5.92 Å². The van der Waals surface area contributed by atoms with Crippen LogP contribution in [0.15, 0.2) is 36.4 Å². The Morgan fingerprint density at radius 2 is 1.75 bits per heavy atom. The van der Waals surface area contributed by atoms with Gasteiger partial charge in [0, 0.05) is 37.2 Å². The monoisotopic (exact) mass is 393 g/mol. The minimum absolute atomic E-state index is 0.0980. The molecule has 150 valence electrons. The van der Waals surface area contributed by atoms with Gasteiger partial charge in [-0.1, -0.05) is 12.1 Å². The molecular weight excluding hydrogens is 370 g/mol. The first-order valence-electron chi connectivity index (χ1n) is 9.61. The zero-order chi connectivity index (χ0) is 19.7. The minimum atomic E-state index is -0.851. The molecule has 3 unspecified atom stereocenters. The maximum Gasteiger partial charge on any atom is 0.159 e. The summed E-state index contributed by atoms with van der Waals surface area (Å²) in [5.74, 6) is -2.84. The first-order valence-corrected chi connectivity index (χ1v) is 9.61. The first kappa shape index (κ1) is 19.4. The summed E-state index contributed by atoms with van der Waals surface area (Å²) in [7, 11) is 0. The summed E-state index contributed by atoms with van der Waals surface area (Å²) in [6, 6.07) is 7.84. The number of nitrogens with one attached hydrogen (secondary N) is 2. The lowest BCUT2D eigenvalue weighted by molar-refractivity contribution is 0.138. The Balaban J connectivity index is 1.48. The molecule has 2 aromatic rings. The molecular formula is C21H23F4N3. The Kier molecular flexibility index (Phi) is 5.66. The molecule has 2 heterocycles. The second kappa shape index (κ2) is 8.19. The van der Waals surface area contributed by atoms with Crippen molar-refractivity contribution in [1.82, 2.24) is 15.8 Å². The summed E-state index contributed by atoms with van der Waals surface area (Å²) >= 11 is 0. The number of rotatable bonds is 4. The summed E-state index contributed by atoms with van der Waals surface area (Å²) in [4.78, 5) is 2.19. The summed E-state index contributed by atoms with van der Waals surface area (Å²) in [6.07, 6.45) is 1.89. The number of nitrogens with zero attached hydrogens (tertiary/aromatic N) is 1. The van der Waals surface area contributed by atoms with Gasteiger partial charge in [-0.05, 0) is 55.1 Å². The van der Waals surface area contributed by atoms with Crippen molar-refractivity contribution >= 4 is 0 Å². The summed E-state index contributed by atoms with van der Waals surface area (Å²) in [5.41, 5.74) is 7.11. The van der Waals surface area contributed by atoms with Gasteiger partial charge in [0.15, 0.2) is 11.6 Å². The van der Waals surface area contributed by atoms with Crippen molar-refractivity contribution < 1.29 is 17.6 Å². The highest BCUT2D eigenvalue weighted by Gasteiger charge is 2.39. The van der Waals surface area contributed by atoms with Gasteiger partial charge in [0.1, 0.15) is 11.6 Å². The summed E-state index contributed by atoms with van der Waals surface area (Å²) in [5, 5.41) is 0. The predicted molar refractivity (Wildman–Crippen MR) is 98.4 cm³/mol. The molecule has 2 N–H and O–H groups in total. The average Bonchev–Trinajstić information content (AvgIpc) is 3.14. The highest BCUT2D eigenvalue weighted by atomic mass is 19.2. The molecule has 0 aromatic heterocycles. The molecule has 7 heteroatoms.